The Kier molecular flexibility index (Phi) is 10.8. The third-order valence-electron chi connectivity index (χ3n) is 3.67. The summed E-state index contributed by atoms with van der Waals surface area (Å²) in [5.41, 5.74) is 0. The minimum absolute atomic E-state index is 0.0543. The molecule has 0 radical (unpaired) electrons. The number of hydrogen-bond donors (Lipinski definition) is 2. The summed E-state index contributed by atoms with van der Waals surface area (Å²) >= 11 is 0. The highest BCUT2D eigenvalue weighted by atomic mass is 16.6. The molecule has 10 nitrogen and oxygen atoms in total. The van der Waals surface area contributed by atoms with E-state index in [0.29, 0.717) is 22.1 Å². The molecule has 0 spiro atoms. The van der Waals surface area contributed by atoms with Gasteiger partial charge in [-0.2, -0.15) is 0 Å². The van der Waals surface area contributed by atoms with Crippen molar-refractivity contribution in [3.05, 3.63) is 0 Å². The largest absolute Gasteiger partial charge is 0.481 e. The summed E-state index contributed by atoms with van der Waals surface area (Å²) in [6.07, 6.45) is -2.02. The summed E-state index contributed by atoms with van der Waals surface area (Å²) in [6, 6.07) is 0. The van der Waals surface area contributed by atoms with Crippen LogP contribution in [0.2, 0.25) is 0 Å². The summed E-state index contributed by atoms with van der Waals surface area (Å²) in [6.45, 7) is 0.698. The fraction of sp³-hybridized carbons (Fsp3) is 0.789. The first-order chi connectivity index (χ1) is 13.1. The van der Waals surface area contributed by atoms with E-state index < -0.39 is 36.1 Å². The summed E-state index contributed by atoms with van der Waals surface area (Å²) in [5.74, 6) is -3.26. The molecular weight excluding hydrogens is 384 g/mol. The molecule has 2 atom stereocenters. The Morgan fingerprint density at radius 3 is 1.24 bits per heavy atom. The number of likely N-dealkylation sites (N-methyl/N-ethyl adjacent to an activating group) is 2. The van der Waals surface area contributed by atoms with Gasteiger partial charge in [0.2, 0.25) is 0 Å². The van der Waals surface area contributed by atoms with Crippen molar-refractivity contribution in [1.29, 1.82) is 0 Å². The van der Waals surface area contributed by atoms with Crippen molar-refractivity contribution in [3.8, 4) is 0 Å². The molecule has 0 heterocycles. The first kappa shape index (κ1) is 26.8. The van der Waals surface area contributed by atoms with Gasteiger partial charge in [0.1, 0.15) is 13.1 Å². The number of esters is 2. The Balaban J connectivity index is 4.52. The van der Waals surface area contributed by atoms with Crippen LogP contribution in [0.5, 0.6) is 0 Å². The monoisotopic (exact) mass is 420 g/mol. The summed E-state index contributed by atoms with van der Waals surface area (Å²) < 4.78 is 11.4. The van der Waals surface area contributed by atoms with Crippen LogP contribution in [0.4, 0.5) is 0 Å². The Labute approximate surface area is 172 Å². The second-order valence-electron chi connectivity index (χ2n) is 9.22. The van der Waals surface area contributed by atoms with Crippen molar-refractivity contribution in [2.24, 2.45) is 0 Å². The number of carbonyl (C=O) groups is 4. The van der Waals surface area contributed by atoms with Gasteiger partial charge in [-0.1, -0.05) is 0 Å². The van der Waals surface area contributed by atoms with Crippen LogP contribution in [0, 0.1) is 0 Å². The number of carboxylic acid groups (broad SMARTS) is 2. The molecule has 0 fully saturated rings. The lowest BCUT2D eigenvalue weighted by Gasteiger charge is -2.28. The van der Waals surface area contributed by atoms with Crippen molar-refractivity contribution in [2.75, 3.05) is 55.4 Å². The number of carboxylic acids is 2. The number of nitrogens with zero attached hydrogens (tertiary/aromatic N) is 2. The van der Waals surface area contributed by atoms with Crippen LogP contribution < -0.4 is 0 Å². The predicted octanol–water partition coefficient (Wildman–Crippen LogP) is 0.342. The lowest BCUT2D eigenvalue weighted by atomic mass is 10.2. The van der Waals surface area contributed by atoms with Gasteiger partial charge in [0.15, 0.2) is 12.2 Å². The Hall–Kier alpha value is -2.20. The maximum Gasteiger partial charge on any atom is 0.307 e. The molecule has 0 aliphatic heterocycles. The van der Waals surface area contributed by atoms with Gasteiger partial charge in [0, 0.05) is 12.8 Å². The van der Waals surface area contributed by atoms with Gasteiger partial charge >= 0.3 is 23.9 Å². The zero-order valence-electron chi connectivity index (χ0n) is 18.3. The minimum atomic E-state index is -1.05. The molecule has 0 aliphatic rings. The van der Waals surface area contributed by atoms with Gasteiger partial charge < -0.3 is 28.7 Å². The van der Waals surface area contributed by atoms with Gasteiger partial charge in [-0.15, -0.1) is 0 Å². The second kappa shape index (κ2) is 11.7. The van der Waals surface area contributed by atoms with E-state index in [1.165, 1.54) is 0 Å². The normalized spacial score (nSPS) is 14.0. The van der Waals surface area contributed by atoms with Gasteiger partial charge in [0.05, 0.1) is 55.1 Å². The highest BCUT2D eigenvalue weighted by molar-refractivity contribution is 5.74. The highest BCUT2D eigenvalue weighted by Crippen LogP contribution is 2.11. The van der Waals surface area contributed by atoms with Gasteiger partial charge in [-0.25, -0.2) is 0 Å². The molecule has 0 saturated carbocycles. The summed E-state index contributed by atoms with van der Waals surface area (Å²) in [5, 5.41) is 17.9. The zero-order valence-corrected chi connectivity index (χ0v) is 18.3. The van der Waals surface area contributed by atoms with E-state index in [-0.39, 0.29) is 32.1 Å². The molecule has 0 rings (SSSR count). The Bertz CT molecular complexity index is 528. The quantitative estimate of drug-likeness (QED) is 0.304. The van der Waals surface area contributed by atoms with Crippen LogP contribution in [0.25, 0.3) is 0 Å². The summed E-state index contributed by atoms with van der Waals surface area (Å²) in [4.78, 5) is 45.9. The SMILES string of the molecule is C[N+](C)(C)CC(CC(=O)O)OC(=O)CCCC(=O)OC(CC(=O)O)C[N+](C)(C)C. The molecule has 29 heavy (non-hydrogen) atoms. The third kappa shape index (κ3) is 16.5. The van der Waals surface area contributed by atoms with Crippen LogP contribution in [0.3, 0.4) is 0 Å². The lowest BCUT2D eigenvalue weighted by Crippen LogP contribution is -2.44. The molecule has 0 saturated heterocycles. The number of ether oxygens (including phenoxy) is 2. The fourth-order valence-electron chi connectivity index (χ4n) is 2.77. The second-order valence-corrected chi connectivity index (χ2v) is 9.22. The molecule has 0 aromatic rings. The Morgan fingerprint density at radius 1 is 0.690 bits per heavy atom. The molecule has 0 aliphatic carbocycles. The zero-order chi connectivity index (χ0) is 22.8. The van der Waals surface area contributed by atoms with E-state index in [4.69, 9.17) is 19.7 Å². The number of hydrogen-bond acceptors (Lipinski definition) is 6. The number of carbonyl (C=O) groups excluding carboxylic acids is 2. The van der Waals surface area contributed by atoms with E-state index >= 15 is 0 Å². The maximum absolute atomic E-state index is 12.0. The van der Waals surface area contributed by atoms with Crippen LogP contribution in [0.15, 0.2) is 0 Å². The van der Waals surface area contributed by atoms with E-state index in [1.807, 2.05) is 42.3 Å². The first-order valence-electron chi connectivity index (χ1n) is 9.51. The van der Waals surface area contributed by atoms with E-state index in [9.17, 15) is 19.2 Å². The van der Waals surface area contributed by atoms with Crippen molar-refractivity contribution in [3.63, 3.8) is 0 Å². The van der Waals surface area contributed by atoms with Crippen LogP contribution in [-0.2, 0) is 28.7 Å². The smallest absolute Gasteiger partial charge is 0.307 e. The first-order valence-corrected chi connectivity index (χ1v) is 9.51. The molecule has 0 bridgehead atoms. The van der Waals surface area contributed by atoms with E-state index in [0.717, 1.165) is 0 Å². The molecule has 2 N–H and O–H groups in total. The molecule has 0 aromatic carbocycles. The highest BCUT2D eigenvalue weighted by Gasteiger charge is 2.26. The molecule has 10 heteroatoms. The number of quaternary nitrogens is 2. The molecule has 168 valence electrons. The van der Waals surface area contributed by atoms with E-state index in [2.05, 4.69) is 0 Å². The van der Waals surface area contributed by atoms with Crippen LogP contribution in [-0.4, -0.2) is 111 Å². The van der Waals surface area contributed by atoms with Crippen molar-refractivity contribution in [1.82, 2.24) is 0 Å². The van der Waals surface area contributed by atoms with Crippen LogP contribution in [0.1, 0.15) is 32.1 Å². The summed E-state index contributed by atoms with van der Waals surface area (Å²) in [7, 11) is 11.2. The average Bonchev–Trinajstić information content (AvgIpc) is 2.41. The van der Waals surface area contributed by atoms with Crippen molar-refractivity contribution >= 4 is 23.9 Å². The van der Waals surface area contributed by atoms with E-state index in [1.54, 1.807) is 0 Å². The third-order valence-corrected chi connectivity index (χ3v) is 3.67. The number of rotatable bonds is 14. The van der Waals surface area contributed by atoms with Gasteiger partial charge in [0.25, 0.3) is 0 Å². The topological polar surface area (TPSA) is 127 Å². The molecule has 2 unspecified atom stereocenters. The fourth-order valence-corrected chi connectivity index (χ4v) is 2.77. The van der Waals surface area contributed by atoms with Gasteiger partial charge in [-0.05, 0) is 6.42 Å². The number of aliphatic carboxylic acids is 2. The van der Waals surface area contributed by atoms with Gasteiger partial charge in [-0.3, -0.25) is 19.2 Å². The average molecular weight is 421 g/mol. The molecule has 0 aromatic heterocycles. The predicted molar refractivity (Wildman–Crippen MR) is 104 cm³/mol. The molecular formula is C19H36N2O8+2. The standard InChI is InChI=1S/C19H34N2O8/c1-20(2,3)12-14(10-16(22)23)28-18(26)8-7-9-19(27)29-15(11-17(24)25)13-21(4,5)6/h14-15H,7-13H2,1-6H3/p+2. The maximum atomic E-state index is 12.0. The van der Waals surface area contributed by atoms with Crippen LogP contribution >= 0.6 is 0 Å². The minimum Gasteiger partial charge on any atom is -0.481 e. The lowest BCUT2D eigenvalue weighted by molar-refractivity contribution is -0.873. The Morgan fingerprint density at radius 2 is 1.00 bits per heavy atom. The van der Waals surface area contributed by atoms with Crippen molar-refractivity contribution < 1.29 is 47.8 Å². The van der Waals surface area contributed by atoms with Crippen molar-refractivity contribution in [2.45, 2.75) is 44.3 Å². The molecule has 0 amide bonds.